The molecule has 4 fully saturated rings. The molecule has 15 heteroatoms. The molecule has 8 rings (SSSR count). The Morgan fingerprint density at radius 2 is 0.732 bits per heavy atom. The molecule has 11 nitrogen and oxygen atoms in total. The van der Waals surface area contributed by atoms with Crippen molar-refractivity contribution in [3.63, 3.8) is 0 Å². The van der Waals surface area contributed by atoms with E-state index in [1.54, 1.807) is 12.1 Å². The van der Waals surface area contributed by atoms with Crippen LogP contribution >= 0.6 is 60.4 Å². The van der Waals surface area contributed by atoms with Crippen molar-refractivity contribution in [2.75, 3.05) is 104 Å². The van der Waals surface area contributed by atoms with Gasteiger partial charge in [0.05, 0.1) is 13.2 Å². The van der Waals surface area contributed by atoms with Gasteiger partial charge in [-0.05, 0) is 181 Å². The van der Waals surface area contributed by atoms with Gasteiger partial charge in [0.25, 0.3) is 0 Å². The summed E-state index contributed by atoms with van der Waals surface area (Å²) in [6, 6.07) is 29.4. The van der Waals surface area contributed by atoms with Crippen LogP contribution in [0.2, 0.25) is 0 Å². The Labute approximate surface area is 459 Å². The third-order valence-electron chi connectivity index (χ3n) is 12.5. The molecule has 0 saturated carbocycles. The number of hydrogen-bond donors (Lipinski definition) is 3. The zero-order valence-corrected chi connectivity index (χ0v) is 47.8. The first-order chi connectivity index (χ1) is 34.9. The van der Waals surface area contributed by atoms with Crippen LogP contribution in [0.1, 0.15) is 104 Å². The summed E-state index contributed by atoms with van der Waals surface area (Å²) < 4.78 is 17.1. The van der Waals surface area contributed by atoms with Gasteiger partial charge < -0.3 is 34.4 Å². The maximum atomic E-state index is 10.0. The highest BCUT2D eigenvalue weighted by atomic mass is 128. The molecule has 4 saturated heterocycles. The summed E-state index contributed by atoms with van der Waals surface area (Å²) in [5, 5.41) is 26.6. The number of likely N-dealkylation sites (tertiary alicyclic amines) is 4. The number of benzene rings is 4. The van der Waals surface area contributed by atoms with Crippen molar-refractivity contribution in [3.8, 4) is 23.0 Å². The lowest BCUT2D eigenvalue weighted by Gasteiger charge is -2.26. The predicted octanol–water partition coefficient (Wildman–Crippen LogP) is 12.1. The number of aromatic hydroxyl groups is 1. The second kappa shape index (κ2) is 41.8. The van der Waals surface area contributed by atoms with Gasteiger partial charge in [0, 0.05) is 80.7 Å². The third-order valence-corrected chi connectivity index (χ3v) is 13.0. The van der Waals surface area contributed by atoms with Gasteiger partial charge in [-0.2, -0.15) is 0 Å². The first-order valence-electron chi connectivity index (χ1n) is 25.7. The van der Waals surface area contributed by atoms with E-state index < -0.39 is 0 Å². The molecular weight excluding hydrogens is 1170 g/mol. The molecule has 0 spiro atoms. The quantitative estimate of drug-likeness (QED) is 0.0502. The lowest BCUT2D eigenvalue weighted by molar-refractivity contribution is 0.112. The van der Waals surface area contributed by atoms with Crippen molar-refractivity contribution in [3.05, 3.63) is 119 Å². The highest BCUT2D eigenvalue weighted by Crippen LogP contribution is 2.17. The number of alkyl halides is 2. The van der Waals surface area contributed by atoms with Crippen molar-refractivity contribution in [2.45, 2.75) is 96.1 Å². The molecular formula is C56H82Cl2I2N4O7. The number of aliphatic hydroxyl groups excluding tert-OH is 2. The number of piperidine rings is 4. The summed E-state index contributed by atoms with van der Waals surface area (Å²) in [4.78, 5) is 19.9. The molecule has 0 unspecified atom stereocenters. The minimum atomic E-state index is 0.0913. The number of hydrogen-bond acceptors (Lipinski definition) is 11. The molecule has 4 heterocycles. The van der Waals surface area contributed by atoms with Crippen molar-refractivity contribution in [1.82, 2.24) is 19.6 Å². The van der Waals surface area contributed by atoms with Crippen LogP contribution in [0.15, 0.2) is 97.1 Å². The third kappa shape index (κ3) is 29.9. The number of halogens is 4. The maximum absolute atomic E-state index is 10.0. The van der Waals surface area contributed by atoms with Crippen LogP contribution in [-0.2, 0) is 19.1 Å². The number of aliphatic hydroxyl groups is 2. The molecule has 0 aliphatic carbocycles. The van der Waals surface area contributed by atoms with Crippen LogP contribution < -0.4 is 14.2 Å². The lowest BCUT2D eigenvalue weighted by Crippen LogP contribution is -2.33. The van der Waals surface area contributed by atoms with E-state index in [2.05, 4.69) is 56.8 Å². The van der Waals surface area contributed by atoms with Crippen LogP contribution in [0.5, 0.6) is 23.0 Å². The summed E-state index contributed by atoms with van der Waals surface area (Å²) in [5.74, 6) is 4.25. The van der Waals surface area contributed by atoms with Gasteiger partial charge in [0.15, 0.2) is 0 Å². The van der Waals surface area contributed by atoms with E-state index >= 15 is 0 Å². The molecule has 0 aromatic heterocycles. The van der Waals surface area contributed by atoms with Gasteiger partial charge in [-0.1, -0.05) is 62.1 Å². The average molecular weight is 1250 g/mol. The number of phenols is 1. The smallest absolute Gasteiger partial charge is 0.150 e. The molecule has 4 aliphatic heterocycles. The molecule has 0 amide bonds. The molecule has 4 aliphatic rings. The number of ether oxygens (including phenoxy) is 3. The molecule has 3 N–H and O–H groups in total. The van der Waals surface area contributed by atoms with Crippen molar-refractivity contribution in [2.24, 2.45) is 0 Å². The lowest BCUT2D eigenvalue weighted by atomic mass is 10.1. The van der Waals surface area contributed by atoms with Gasteiger partial charge in [-0.3, -0.25) is 19.5 Å². The number of phenolic OH excluding ortho intramolecular Hbond substituents is 1. The number of aldehydes is 1. The topological polar surface area (TPSA) is 118 Å². The van der Waals surface area contributed by atoms with E-state index in [1.165, 1.54) is 142 Å². The zero-order chi connectivity index (χ0) is 51.0. The van der Waals surface area contributed by atoms with Gasteiger partial charge >= 0.3 is 0 Å². The number of rotatable bonds is 18. The first kappa shape index (κ1) is 62.8. The summed E-state index contributed by atoms with van der Waals surface area (Å²) in [6.07, 6.45) is 17.0. The number of carbonyl (C=O) groups excluding carboxylic acids is 1. The van der Waals surface area contributed by atoms with Gasteiger partial charge in [0.2, 0.25) is 0 Å². The summed E-state index contributed by atoms with van der Waals surface area (Å²) in [7, 11) is 0. The SMILES string of the molecule is ClCCN1CCCCC1.ClCc1ccc(OCCN2CCCCC2)cc1.II.O=Cc1ccc(O)cc1.OCc1ccc(OCCN2CCCCC2)cc1.OCc1ccc(OCCN2CCCCC2)cc1. The fourth-order valence-electron chi connectivity index (χ4n) is 8.34. The van der Waals surface area contributed by atoms with Gasteiger partial charge in [-0.25, -0.2) is 0 Å². The Balaban J connectivity index is 0.000000238. The van der Waals surface area contributed by atoms with E-state index in [0.29, 0.717) is 11.4 Å². The molecule has 396 valence electrons. The number of nitrogens with zero attached hydrogens (tertiary/aromatic N) is 4. The van der Waals surface area contributed by atoms with Crippen LogP contribution in [0.3, 0.4) is 0 Å². The standard InChI is InChI=1S/C14H20ClNO.2C14H21NO2.C7H14ClN.C7H6O2.I2/c15-12-13-4-6-14(7-5-13)17-11-10-16-8-2-1-3-9-16;2*16-12-13-4-6-14(7-5-13)17-11-10-15-8-2-1-3-9-15;8-4-7-9-5-2-1-3-6-9;8-5-6-1-3-7(9)4-2-6;1-2/h4-7H,1-3,8-12H2;2*4-7,16H,1-3,8-12H2;1-7H2;1-5,9H;. The predicted molar refractivity (Wildman–Crippen MR) is 311 cm³/mol. The van der Waals surface area contributed by atoms with E-state index in [9.17, 15) is 4.79 Å². The monoisotopic (exact) mass is 1250 g/mol. The van der Waals surface area contributed by atoms with Crippen LogP contribution in [-0.4, -0.2) is 145 Å². The Kier molecular flexibility index (Phi) is 37.0. The Morgan fingerprint density at radius 3 is 1.00 bits per heavy atom. The molecule has 0 radical (unpaired) electrons. The van der Waals surface area contributed by atoms with Crippen molar-refractivity contribution in [1.29, 1.82) is 0 Å². The number of carbonyl (C=O) groups is 1. The van der Waals surface area contributed by atoms with Crippen LogP contribution in [0.4, 0.5) is 0 Å². The largest absolute Gasteiger partial charge is 0.508 e. The minimum absolute atomic E-state index is 0.0913. The first-order valence-corrected chi connectivity index (χ1v) is 33.0. The van der Waals surface area contributed by atoms with Gasteiger partial charge in [-0.15, -0.1) is 23.2 Å². The van der Waals surface area contributed by atoms with Crippen molar-refractivity contribution >= 4 is 66.7 Å². The fourth-order valence-corrected chi connectivity index (χ4v) is 8.76. The van der Waals surface area contributed by atoms with Crippen molar-refractivity contribution < 1.29 is 34.3 Å². The second-order valence-corrected chi connectivity index (χ2v) is 18.6. The summed E-state index contributed by atoms with van der Waals surface area (Å²) >= 11 is 15.6. The van der Waals surface area contributed by atoms with E-state index in [-0.39, 0.29) is 19.0 Å². The Morgan fingerprint density at radius 1 is 0.437 bits per heavy atom. The average Bonchev–Trinajstić information content (AvgIpc) is 3.44. The summed E-state index contributed by atoms with van der Waals surface area (Å²) in [6.45, 7) is 16.5. The minimum Gasteiger partial charge on any atom is -0.508 e. The van der Waals surface area contributed by atoms with Gasteiger partial charge in [0.1, 0.15) is 49.1 Å². The highest BCUT2D eigenvalue weighted by molar-refractivity contribution is 15.0. The Bertz CT molecular complexity index is 1680. The molecule has 4 aromatic carbocycles. The maximum Gasteiger partial charge on any atom is 0.150 e. The normalized spacial score (nSPS) is 16.3. The molecule has 71 heavy (non-hydrogen) atoms. The molecule has 0 bridgehead atoms. The highest BCUT2D eigenvalue weighted by Gasteiger charge is 2.12. The molecule has 0 atom stereocenters. The summed E-state index contributed by atoms with van der Waals surface area (Å²) in [5.41, 5.74) is 3.56. The second-order valence-electron chi connectivity index (χ2n) is 17.9. The van der Waals surface area contributed by atoms with E-state index in [0.717, 1.165) is 92.1 Å². The zero-order valence-electron chi connectivity index (χ0n) is 42.0. The van der Waals surface area contributed by atoms with Crippen LogP contribution in [0, 0.1) is 0 Å². The van der Waals surface area contributed by atoms with E-state index in [4.69, 9.17) is 52.7 Å². The van der Waals surface area contributed by atoms with E-state index in [1.807, 2.05) is 72.8 Å². The molecule has 4 aromatic rings. The fraction of sp³-hybridized carbons (Fsp3) is 0.554. The van der Waals surface area contributed by atoms with Crippen LogP contribution in [0.25, 0.3) is 0 Å². The Hall–Kier alpha value is -2.45.